The van der Waals surface area contributed by atoms with Crippen LogP contribution in [0.5, 0.6) is 0 Å². The first-order valence-corrected chi connectivity index (χ1v) is 4.90. The smallest absolute Gasteiger partial charge is 0.173 e. The standard InChI is InChI=1S/C10H17N3O2/c1-4-8-5-9(13-7-12-8)11-6-10(14-2)15-3/h5,7,10H,4,6H2,1-3H3,(H,11,12,13). The molecule has 0 atom stereocenters. The van der Waals surface area contributed by atoms with Gasteiger partial charge in [0.25, 0.3) is 0 Å². The Morgan fingerprint density at radius 3 is 2.67 bits per heavy atom. The number of nitrogens with one attached hydrogen (secondary N) is 1. The highest BCUT2D eigenvalue weighted by molar-refractivity contribution is 5.34. The van der Waals surface area contributed by atoms with Crippen molar-refractivity contribution in [2.24, 2.45) is 0 Å². The molecule has 0 aromatic carbocycles. The van der Waals surface area contributed by atoms with Gasteiger partial charge in [-0.15, -0.1) is 0 Å². The summed E-state index contributed by atoms with van der Waals surface area (Å²) < 4.78 is 10.1. The summed E-state index contributed by atoms with van der Waals surface area (Å²) in [5.41, 5.74) is 1.01. The van der Waals surface area contributed by atoms with E-state index in [1.54, 1.807) is 20.5 Å². The topological polar surface area (TPSA) is 56.3 Å². The number of ether oxygens (including phenoxy) is 2. The quantitative estimate of drug-likeness (QED) is 0.713. The molecule has 1 aromatic rings. The summed E-state index contributed by atoms with van der Waals surface area (Å²) in [6.45, 7) is 2.62. The third kappa shape index (κ3) is 3.81. The van der Waals surface area contributed by atoms with Crippen LogP contribution in [0.2, 0.25) is 0 Å². The zero-order chi connectivity index (χ0) is 11.1. The van der Waals surface area contributed by atoms with Crippen molar-refractivity contribution in [2.45, 2.75) is 19.6 Å². The minimum absolute atomic E-state index is 0.259. The van der Waals surface area contributed by atoms with E-state index in [0.29, 0.717) is 6.54 Å². The molecule has 5 heteroatoms. The lowest BCUT2D eigenvalue weighted by Gasteiger charge is -2.14. The molecule has 0 bridgehead atoms. The van der Waals surface area contributed by atoms with Gasteiger partial charge in [-0.25, -0.2) is 9.97 Å². The first-order valence-electron chi connectivity index (χ1n) is 4.90. The Morgan fingerprint density at radius 1 is 1.33 bits per heavy atom. The van der Waals surface area contributed by atoms with Gasteiger partial charge in [-0.3, -0.25) is 0 Å². The molecule has 0 aliphatic rings. The average Bonchev–Trinajstić information content (AvgIpc) is 2.31. The molecule has 0 spiro atoms. The van der Waals surface area contributed by atoms with E-state index in [-0.39, 0.29) is 6.29 Å². The van der Waals surface area contributed by atoms with Crippen LogP contribution in [0.4, 0.5) is 5.82 Å². The Kier molecular flexibility index (Phi) is 5.00. The lowest BCUT2D eigenvalue weighted by Crippen LogP contribution is -2.24. The van der Waals surface area contributed by atoms with Gasteiger partial charge in [0.15, 0.2) is 6.29 Å². The molecule has 84 valence electrons. The Morgan fingerprint density at radius 2 is 2.07 bits per heavy atom. The molecule has 0 saturated heterocycles. The zero-order valence-corrected chi connectivity index (χ0v) is 9.36. The maximum absolute atomic E-state index is 5.05. The van der Waals surface area contributed by atoms with Gasteiger partial charge in [-0.2, -0.15) is 0 Å². The van der Waals surface area contributed by atoms with Crippen LogP contribution < -0.4 is 5.32 Å². The molecular weight excluding hydrogens is 194 g/mol. The van der Waals surface area contributed by atoms with E-state index in [0.717, 1.165) is 17.9 Å². The number of anilines is 1. The van der Waals surface area contributed by atoms with E-state index in [1.807, 2.05) is 6.07 Å². The van der Waals surface area contributed by atoms with Crippen LogP contribution in [-0.4, -0.2) is 37.0 Å². The predicted octanol–water partition coefficient (Wildman–Crippen LogP) is 1.07. The third-order valence-corrected chi connectivity index (χ3v) is 2.06. The lowest BCUT2D eigenvalue weighted by molar-refractivity contribution is -0.0914. The normalized spacial score (nSPS) is 10.7. The van der Waals surface area contributed by atoms with Crippen LogP contribution in [0.15, 0.2) is 12.4 Å². The van der Waals surface area contributed by atoms with Gasteiger partial charge < -0.3 is 14.8 Å². The Labute approximate surface area is 89.8 Å². The average molecular weight is 211 g/mol. The summed E-state index contributed by atoms with van der Waals surface area (Å²) in [4.78, 5) is 8.21. The van der Waals surface area contributed by atoms with E-state index >= 15 is 0 Å². The summed E-state index contributed by atoms with van der Waals surface area (Å²) >= 11 is 0. The summed E-state index contributed by atoms with van der Waals surface area (Å²) in [6.07, 6.45) is 2.19. The molecule has 1 N–H and O–H groups in total. The Hall–Kier alpha value is -1.20. The van der Waals surface area contributed by atoms with Gasteiger partial charge in [0.05, 0.1) is 6.54 Å². The van der Waals surface area contributed by atoms with Crippen LogP contribution in [0.1, 0.15) is 12.6 Å². The van der Waals surface area contributed by atoms with E-state index in [9.17, 15) is 0 Å². The Bertz CT molecular complexity index is 290. The summed E-state index contributed by atoms with van der Waals surface area (Å²) in [5.74, 6) is 0.793. The number of nitrogens with zero attached hydrogens (tertiary/aromatic N) is 2. The molecule has 5 nitrogen and oxygen atoms in total. The number of hydrogen-bond acceptors (Lipinski definition) is 5. The maximum Gasteiger partial charge on any atom is 0.173 e. The van der Waals surface area contributed by atoms with Crippen molar-refractivity contribution >= 4 is 5.82 Å². The SMILES string of the molecule is CCc1cc(NCC(OC)OC)ncn1. The number of aryl methyl sites for hydroxylation is 1. The molecule has 0 saturated carbocycles. The molecule has 1 heterocycles. The van der Waals surface area contributed by atoms with Gasteiger partial charge in [0, 0.05) is 26.0 Å². The molecule has 1 aromatic heterocycles. The number of rotatable bonds is 6. The van der Waals surface area contributed by atoms with Crippen molar-refractivity contribution in [1.82, 2.24) is 9.97 Å². The van der Waals surface area contributed by atoms with Crippen LogP contribution >= 0.6 is 0 Å². The largest absolute Gasteiger partial charge is 0.365 e. The van der Waals surface area contributed by atoms with Crippen LogP contribution in [0.3, 0.4) is 0 Å². The summed E-state index contributed by atoms with van der Waals surface area (Å²) in [6, 6.07) is 1.92. The van der Waals surface area contributed by atoms with Crippen molar-refractivity contribution in [3.8, 4) is 0 Å². The second kappa shape index (κ2) is 6.31. The molecule has 15 heavy (non-hydrogen) atoms. The molecule has 1 rings (SSSR count). The molecular formula is C10H17N3O2. The van der Waals surface area contributed by atoms with Crippen LogP contribution in [-0.2, 0) is 15.9 Å². The van der Waals surface area contributed by atoms with Gasteiger partial charge in [-0.1, -0.05) is 6.92 Å². The number of aromatic nitrogens is 2. The Balaban J connectivity index is 2.49. The minimum Gasteiger partial charge on any atom is -0.365 e. The molecule has 0 aliphatic heterocycles. The van der Waals surface area contributed by atoms with Crippen molar-refractivity contribution in [1.29, 1.82) is 0 Å². The highest BCUT2D eigenvalue weighted by Gasteiger charge is 2.04. The third-order valence-electron chi connectivity index (χ3n) is 2.06. The molecule has 0 aliphatic carbocycles. The van der Waals surface area contributed by atoms with E-state index < -0.39 is 0 Å². The lowest BCUT2D eigenvalue weighted by atomic mass is 10.3. The van der Waals surface area contributed by atoms with Crippen molar-refractivity contribution in [3.05, 3.63) is 18.1 Å². The summed E-state index contributed by atoms with van der Waals surface area (Å²) in [7, 11) is 3.21. The van der Waals surface area contributed by atoms with Gasteiger partial charge in [0.2, 0.25) is 0 Å². The van der Waals surface area contributed by atoms with E-state index in [2.05, 4.69) is 22.2 Å². The van der Waals surface area contributed by atoms with Gasteiger partial charge in [0.1, 0.15) is 12.1 Å². The maximum atomic E-state index is 5.05. The van der Waals surface area contributed by atoms with Crippen molar-refractivity contribution in [2.75, 3.05) is 26.1 Å². The highest BCUT2D eigenvalue weighted by atomic mass is 16.7. The van der Waals surface area contributed by atoms with E-state index in [1.165, 1.54) is 0 Å². The van der Waals surface area contributed by atoms with E-state index in [4.69, 9.17) is 9.47 Å². The van der Waals surface area contributed by atoms with Gasteiger partial charge >= 0.3 is 0 Å². The number of methoxy groups -OCH3 is 2. The first kappa shape index (κ1) is 11.9. The molecule has 0 fully saturated rings. The first-order chi connectivity index (χ1) is 7.30. The van der Waals surface area contributed by atoms with Crippen LogP contribution in [0, 0.1) is 0 Å². The second-order valence-electron chi connectivity index (χ2n) is 3.03. The fourth-order valence-corrected chi connectivity index (χ4v) is 1.14. The zero-order valence-electron chi connectivity index (χ0n) is 9.36. The highest BCUT2D eigenvalue weighted by Crippen LogP contribution is 2.04. The monoisotopic (exact) mass is 211 g/mol. The minimum atomic E-state index is -0.259. The van der Waals surface area contributed by atoms with Crippen molar-refractivity contribution in [3.63, 3.8) is 0 Å². The molecule has 0 unspecified atom stereocenters. The second-order valence-corrected chi connectivity index (χ2v) is 3.03. The van der Waals surface area contributed by atoms with Crippen molar-refractivity contribution < 1.29 is 9.47 Å². The molecule has 0 amide bonds. The number of hydrogen-bond donors (Lipinski definition) is 1. The summed E-state index contributed by atoms with van der Waals surface area (Å²) in [5, 5.41) is 3.12. The molecule has 0 radical (unpaired) electrons. The fraction of sp³-hybridized carbons (Fsp3) is 0.600. The van der Waals surface area contributed by atoms with Crippen LogP contribution in [0.25, 0.3) is 0 Å². The van der Waals surface area contributed by atoms with Gasteiger partial charge in [-0.05, 0) is 6.42 Å². The fourth-order valence-electron chi connectivity index (χ4n) is 1.14. The predicted molar refractivity (Wildman–Crippen MR) is 57.7 cm³/mol.